The molecule has 1 aromatic rings. The fourth-order valence-electron chi connectivity index (χ4n) is 3.78. The summed E-state index contributed by atoms with van der Waals surface area (Å²) >= 11 is 12.0. The number of hydrogen-bond acceptors (Lipinski definition) is 3. The molecular weight excluding hydrogens is 359 g/mol. The highest BCUT2D eigenvalue weighted by molar-refractivity contribution is 6.42. The first-order valence-electron chi connectivity index (χ1n) is 9.13. The van der Waals surface area contributed by atoms with E-state index in [4.69, 9.17) is 27.9 Å². The van der Waals surface area contributed by atoms with Gasteiger partial charge in [0.15, 0.2) is 0 Å². The van der Waals surface area contributed by atoms with Crippen molar-refractivity contribution in [2.45, 2.75) is 38.7 Å². The molecule has 0 bridgehead atoms. The smallest absolute Gasteiger partial charge is 0.222 e. The molecule has 2 fully saturated rings. The van der Waals surface area contributed by atoms with Gasteiger partial charge in [0, 0.05) is 25.5 Å². The van der Waals surface area contributed by atoms with Crippen LogP contribution in [0, 0.1) is 11.8 Å². The standard InChI is InChI=1S/C19H26Cl2N2O2/c1-13(14-4-7-22-8-5-14)10-19(24)23-9-6-16(12-23)25-15-2-3-17(20)18(21)11-15/h2-3,11,13-14,16,22H,4-10,12H2,1H3. The molecule has 138 valence electrons. The number of rotatable bonds is 5. The van der Waals surface area contributed by atoms with Gasteiger partial charge in [-0.3, -0.25) is 4.79 Å². The molecule has 0 spiro atoms. The lowest BCUT2D eigenvalue weighted by Crippen LogP contribution is -2.35. The normalized spacial score (nSPS) is 22.8. The Balaban J connectivity index is 1.48. The molecule has 0 radical (unpaired) electrons. The van der Waals surface area contributed by atoms with E-state index in [0.29, 0.717) is 40.6 Å². The third-order valence-electron chi connectivity index (χ3n) is 5.38. The van der Waals surface area contributed by atoms with Crippen LogP contribution in [0.15, 0.2) is 18.2 Å². The molecule has 1 aromatic carbocycles. The summed E-state index contributed by atoms with van der Waals surface area (Å²) in [5, 5.41) is 4.39. The zero-order valence-electron chi connectivity index (χ0n) is 14.6. The zero-order valence-corrected chi connectivity index (χ0v) is 16.2. The first-order valence-corrected chi connectivity index (χ1v) is 9.88. The van der Waals surface area contributed by atoms with Crippen LogP contribution in [0.4, 0.5) is 0 Å². The van der Waals surface area contributed by atoms with E-state index in [0.717, 1.165) is 26.1 Å². The highest BCUT2D eigenvalue weighted by Gasteiger charge is 2.30. The number of ether oxygens (including phenoxy) is 1. The Morgan fingerprint density at radius 2 is 2.04 bits per heavy atom. The molecule has 0 saturated carbocycles. The van der Waals surface area contributed by atoms with Gasteiger partial charge in [0.25, 0.3) is 0 Å². The Morgan fingerprint density at radius 1 is 1.28 bits per heavy atom. The Morgan fingerprint density at radius 3 is 2.76 bits per heavy atom. The van der Waals surface area contributed by atoms with Gasteiger partial charge in [0.2, 0.25) is 5.91 Å². The third-order valence-corrected chi connectivity index (χ3v) is 6.12. The second-order valence-electron chi connectivity index (χ2n) is 7.21. The summed E-state index contributed by atoms with van der Waals surface area (Å²) < 4.78 is 5.97. The van der Waals surface area contributed by atoms with Crippen molar-refractivity contribution in [1.82, 2.24) is 10.2 Å². The second kappa shape index (κ2) is 8.61. The molecule has 0 aliphatic carbocycles. The Bertz CT molecular complexity index is 605. The maximum atomic E-state index is 12.6. The van der Waals surface area contributed by atoms with Crippen LogP contribution >= 0.6 is 23.2 Å². The summed E-state index contributed by atoms with van der Waals surface area (Å²) in [6.45, 7) is 5.79. The number of nitrogens with one attached hydrogen (secondary N) is 1. The van der Waals surface area contributed by atoms with Gasteiger partial charge in [-0.25, -0.2) is 0 Å². The van der Waals surface area contributed by atoms with E-state index in [-0.39, 0.29) is 12.0 Å². The van der Waals surface area contributed by atoms with E-state index in [1.54, 1.807) is 12.1 Å². The minimum atomic E-state index is 0.0235. The summed E-state index contributed by atoms with van der Waals surface area (Å²) in [6.07, 6.45) is 3.88. The van der Waals surface area contributed by atoms with E-state index in [9.17, 15) is 4.79 Å². The number of halogens is 2. The fourth-order valence-corrected chi connectivity index (χ4v) is 4.07. The molecule has 2 atom stereocenters. The van der Waals surface area contributed by atoms with Gasteiger partial charge in [-0.2, -0.15) is 0 Å². The molecule has 2 heterocycles. The van der Waals surface area contributed by atoms with Crippen molar-refractivity contribution < 1.29 is 9.53 Å². The van der Waals surface area contributed by atoms with Crippen molar-refractivity contribution >= 4 is 29.1 Å². The number of carbonyl (C=O) groups is 1. The van der Waals surface area contributed by atoms with Crippen LogP contribution in [-0.4, -0.2) is 43.1 Å². The predicted molar refractivity (Wildman–Crippen MR) is 101 cm³/mol. The quantitative estimate of drug-likeness (QED) is 0.833. The highest BCUT2D eigenvalue weighted by Crippen LogP contribution is 2.29. The number of hydrogen-bond donors (Lipinski definition) is 1. The SMILES string of the molecule is CC(CC(=O)N1CCC(Oc2ccc(Cl)c(Cl)c2)C1)C1CCNCC1. The summed E-state index contributed by atoms with van der Waals surface area (Å²) in [5.41, 5.74) is 0. The van der Waals surface area contributed by atoms with E-state index >= 15 is 0 Å². The maximum absolute atomic E-state index is 12.6. The second-order valence-corrected chi connectivity index (χ2v) is 8.03. The topological polar surface area (TPSA) is 41.6 Å². The number of benzene rings is 1. The van der Waals surface area contributed by atoms with Gasteiger partial charge in [-0.15, -0.1) is 0 Å². The van der Waals surface area contributed by atoms with Crippen LogP contribution in [0.25, 0.3) is 0 Å². The van der Waals surface area contributed by atoms with Crippen molar-refractivity contribution in [1.29, 1.82) is 0 Å². The monoisotopic (exact) mass is 384 g/mol. The van der Waals surface area contributed by atoms with Gasteiger partial charge in [-0.1, -0.05) is 30.1 Å². The van der Waals surface area contributed by atoms with Crippen molar-refractivity contribution in [2.75, 3.05) is 26.2 Å². The lowest BCUT2D eigenvalue weighted by atomic mass is 9.84. The van der Waals surface area contributed by atoms with Gasteiger partial charge < -0.3 is 15.0 Å². The molecule has 6 heteroatoms. The lowest BCUT2D eigenvalue weighted by molar-refractivity contribution is -0.131. The van der Waals surface area contributed by atoms with E-state index in [2.05, 4.69) is 12.2 Å². The zero-order chi connectivity index (χ0) is 17.8. The minimum Gasteiger partial charge on any atom is -0.488 e. The van der Waals surface area contributed by atoms with Crippen molar-refractivity contribution in [3.63, 3.8) is 0 Å². The van der Waals surface area contributed by atoms with Crippen molar-refractivity contribution in [3.8, 4) is 5.75 Å². The fraction of sp³-hybridized carbons (Fsp3) is 0.632. The molecule has 2 saturated heterocycles. The van der Waals surface area contributed by atoms with E-state index in [1.807, 2.05) is 11.0 Å². The van der Waals surface area contributed by atoms with E-state index in [1.165, 1.54) is 12.8 Å². The Labute approximate surface area is 159 Å². The average molecular weight is 385 g/mol. The van der Waals surface area contributed by atoms with Crippen LogP contribution in [0.1, 0.15) is 32.6 Å². The molecule has 1 N–H and O–H groups in total. The predicted octanol–water partition coefficient (Wildman–Crippen LogP) is 4.00. The number of likely N-dealkylation sites (tertiary alicyclic amines) is 1. The van der Waals surface area contributed by atoms with Crippen LogP contribution in [0.5, 0.6) is 5.75 Å². The summed E-state index contributed by atoms with van der Waals surface area (Å²) in [6, 6.07) is 5.28. The Kier molecular flexibility index (Phi) is 6.48. The first-order chi connectivity index (χ1) is 12.0. The number of amides is 1. The maximum Gasteiger partial charge on any atom is 0.222 e. The van der Waals surface area contributed by atoms with Crippen molar-refractivity contribution in [2.24, 2.45) is 11.8 Å². The summed E-state index contributed by atoms with van der Waals surface area (Å²) in [4.78, 5) is 14.6. The largest absolute Gasteiger partial charge is 0.488 e. The molecule has 0 aromatic heterocycles. The van der Waals surface area contributed by atoms with Gasteiger partial charge in [-0.05, 0) is 49.9 Å². The third kappa shape index (κ3) is 5.02. The molecule has 4 nitrogen and oxygen atoms in total. The Hall–Kier alpha value is -0.970. The molecule has 2 aliphatic rings. The first kappa shape index (κ1) is 18.8. The summed E-state index contributed by atoms with van der Waals surface area (Å²) in [7, 11) is 0. The van der Waals surface area contributed by atoms with Gasteiger partial charge in [0.05, 0.1) is 16.6 Å². The van der Waals surface area contributed by atoms with Crippen molar-refractivity contribution in [3.05, 3.63) is 28.2 Å². The number of piperidine rings is 1. The summed E-state index contributed by atoms with van der Waals surface area (Å²) in [5.74, 6) is 2.07. The average Bonchev–Trinajstić information content (AvgIpc) is 3.07. The molecule has 3 rings (SSSR count). The lowest BCUT2D eigenvalue weighted by Gasteiger charge is -2.29. The number of nitrogens with zero attached hydrogens (tertiary/aromatic N) is 1. The number of carbonyl (C=O) groups excluding carboxylic acids is 1. The highest BCUT2D eigenvalue weighted by atomic mass is 35.5. The van der Waals surface area contributed by atoms with Crippen LogP contribution < -0.4 is 10.1 Å². The molecule has 2 aliphatic heterocycles. The van der Waals surface area contributed by atoms with Crippen LogP contribution in [-0.2, 0) is 4.79 Å². The van der Waals surface area contributed by atoms with E-state index < -0.39 is 0 Å². The van der Waals surface area contributed by atoms with Crippen LogP contribution in [0.2, 0.25) is 10.0 Å². The van der Waals surface area contributed by atoms with Crippen LogP contribution in [0.3, 0.4) is 0 Å². The minimum absolute atomic E-state index is 0.0235. The molecule has 25 heavy (non-hydrogen) atoms. The van der Waals surface area contributed by atoms with Gasteiger partial charge >= 0.3 is 0 Å². The van der Waals surface area contributed by atoms with Gasteiger partial charge in [0.1, 0.15) is 11.9 Å². The molecule has 1 amide bonds. The molecule has 2 unspecified atom stereocenters. The molecular formula is C19H26Cl2N2O2.